The first-order valence-electron chi connectivity index (χ1n) is 5.67. The topological polar surface area (TPSA) is 17.0 Å². The van der Waals surface area contributed by atoms with Gasteiger partial charge in [0.1, 0.15) is 0 Å². The molecule has 3 heteroatoms. The van der Waals surface area contributed by atoms with Gasteiger partial charge in [-0.2, -0.15) is 0 Å². The quantitative estimate of drug-likeness (QED) is 0.839. The number of hydrogen-bond donors (Lipinski definition) is 1. The Morgan fingerprint density at radius 1 is 1.44 bits per heavy atom. The van der Waals surface area contributed by atoms with Crippen molar-refractivity contribution in [2.45, 2.75) is 25.9 Å². The molecule has 1 N–H and O–H groups in total. The Kier molecular flexibility index (Phi) is 3.80. The average molecular weight is 234 g/mol. The lowest BCUT2D eigenvalue weighted by molar-refractivity contribution is 0.526. The van der Waals surface area contributed by atoms with Crippen LogP contribution in [0.15, 0.2) is 36.0 Å². The standard InChI is InChI=1S/C13H18N2S/c1-3-12(13-5-4-8-16-13)14-9-11-6-7-15(2)10-11/h4-8,10,12,14H,3,9H2,1-2H3. The minimum atomic E-state index is 0.486. The second kappa shape index (κ2) is 5.32. The SMILES string of the molecule is CCC(NCc1ccn(C)c1)c1cccs1. The smallest absolute Gasteiger partial charge is 0.0414 e. The Balaban J connectivity index is 1.93. The fourth-order valence-electron chi connectivity index (χ4n) is 1.84. The molecule has 2 rings (SSSR count). The van der Waals surface area contributed by atoms with E-state index in [0.29, 0.717) is 6.04 Å². The number of nitrogens with one attached hydrogen (secondary N) is 1. The van der Waals surface area contributed by atoms with Gasteiger partial charge in [0.15, 0.2) is 0 Å². The van der Waals surface area contributed by atoms with Crippen LogP contribution in [0.4, 0.5) is 0 Å². The molecule has 0 aliphatic heterocycles. The third-order valence-corrected chi connectivity index (χ3v) is 3.73. The summed E-state index contributed by atoms with van der Waals surface area (Å²) in [6, 6.07) is 6.97. The predicted molar refractivity (Wildman–Crippen MR) is 69.6 cm³/mol. The van der Waals surface area contributed by atoms with Crippen LogP contribution in [0.25, 0.3) is 0 Å². The zero-order valence-electron chi connectivity index (χ0n) is 9.81. The van der Waals surface area contributed by atoms with Crippen molar-refractivity contribution >= 4 is 11.3 Å². The Hall–Kier alpha value is -1.06. The molecule has 0 aliphatic rings. The van der Waals surface area contributed by atoms with Crippen molar-refractivity contribution < 1.29 is 0 Å². The lowest BCUT2D eigenvalue weighted by Gasteiger charge is -2.14. The zero-order valence-corrected chi connectivity index (χ0v) is 10.6. The molecule has 0 amide bonds. The van der Waals surface area contributed by atoms with Crippen LogP contribution in [0, 0.1) is 0 Å². The van der Waals surface area contributed by atoms with Crippen molar-refractivity contribution in [1.29, 1.82) is 0 Å². The highest BCUT2D eigenvalue weighted by atomic mass is 32.1. The normalized spacial score (nSPS) is 12.9. The average Bonchev–Trinajstić information content (AvgIpc) is 2.91. The Labute approximate surface area is 101 Å². The molecule has 2 aromatic heterocycles. The minimum absolute atomic E-state index is 0.486. The molecule has 0 aliphatic carbocycles. The molecule has 0 aromatic carbocycles. The van der Waals surface area contributed by atoms with Crippen LogP contribution in [-0.2, 0) is 13.6 Å². The predicted octanol–water partition coefficient (Wildman–Crippen LogP) is 3.33. The largest absolute Gasteiger partial charge is 0.357 e. The fourth-order valence-corrected chi connectivity index (χ4v) is 2.73. The molecule has 2 aromatic rings. The van der Waals surface area contributed by atoms with Gasteiger partial charge < -0.3 is 9.88 Å². The van der Waals surface area contributed by atoms with E-state index >= 15 is 0 Å². The summed E-state index contributed by atoms with van der Waals surface area (Å²) in [7, 11) is 2.06. The highest BCUT2D eigenvalue weighted by molar-refractivity contribution is 7.10. The van der Waals surface area contributed by atoms with Crippen LogP contribution in [0.3, 0.4) is 0 Å². The zero-order chi connectivity index (χ0) is 11.4. The Bertz CT molecular complexity index is 417. The molecule has 2 nitrogen and oxygen atoms in total. The first kappa shape index (κ1) is 11.4. The van der Waals surface area contributed by atoms with Crippen LogP contribution in [0.1, 0.15) is 29.8 Å². The lowest BCUT2D eigenvalue weighted by Crippen LogP contribution is -2.19. The van der Waals surface area contributed by atoms with Gasteiger partial charge in [-0.15, -0.1) is 11.3 Å². The number of hydrogen-bond acceptors (Lipinski definition) is 2. The van der Waals surface area contributed by atoms with Gasteiger partial charge in [0.25, 0.3) is 0 Å². The first-order valence-corrected chi connectivity index (χ1v) is 6.55. The van der Waals surface area contributed by atoms with E-state index in [4.69, 9.17) is 0 Å². The number of aromatic nitrogens is 1. The molecule has 2 heterocycles. The number of nitrogens with zero attached hydrogens (tertiary/aromatic N) is 1. The summed E-state index contributed by atoms with van der Waals surface area (Å²) >= 11 is 1.83. The van der Waals surface area contributed by atoms with Crippen LogP contribution in [0.5, 0.6) is 0 Å². The van der Waals surface area contributed by atoms with Gasteiger partial charge in [0.2, 0.25) is 0 Å². The summed E-state index contributed by atoms with van der Waals surface area (Å²) in [5, 5.41) is 5.74. The number of rotatable bonds is 5. The van der Waals surface area contributed by atoms with Crippen LogP contribution in [-0.4, -0.2) is 4.57 Å². The second-order valence-corrected chi connectivity index (χ2v) is 5.02. The monoisotopic (exact) mass is 234 g/mol. The third kappa shape index (κ3) is 2.74. The molecule has 1 atom stereocenters. The minimum Gasteiger partial charge on any atom is -0.357 e. The van der Waals surface area contributed by atoms with Gasteiger partial charge in [-0.05, 0) is 29.5 Å². The van der Waals surface area contributed by atoms with Crippen molar-refractivity contribution in [3.05, 3.63) is 46.4 Å². The highest BCUT2D eigenvalue weighted by Crippen LogP contribution is 2.21. The molecule has 86 valence electrons. The van der Waals surface area contributed by atoms with Gasteiger partial charge in [-0.1, -0.05) is 13.0 Å². The molecule has 0 spiro atoms. The molecular weight excluding hydrogens is 216 g/mol. The second-order valence-electron chi connectivity index (χ2n) is 4.04. The van der Waals surface area contributed by atoms with Crippen molar-refractivity contribution in [2.75, 3.05) is 0 Å². The molecule has 0 radical (unpaired) electrons. The van der Waals surface area contributed by atoms with E-state index < -0.39 is 0 Å². The first-order chi connectivity index (χ1) is 7.79. The van der Waals surface area contributed by atoms with E-state index in [0.717, 1.165) is 13.0 Å². The molecule has 0 fully saturated rings. The van der Waals surface area contributed by atoms with Crippen LogP contribution >= 0.6 is 11.3 Å². The van der Waals surface area contributed by atoms with Crippen molar-refractivity contribution in [2.24, 2.45) is 7.05 Å². The maximum absolute atomic E-state index is 3.60. The summed E-state index contributed by atoms with van der Waals surface area (Å²) in [6.07, 6.45) is 5.38. The van der Waals surface area contributed by atoms with Gasteiger partial charge in [-0.25, -0.2) is 0 Å². The van der Waals surface area contributed by atoms with E-state index in [1.54, 1.807) is 0 Å². The van der Waals surface area contributed by atoms with Crippen molar-refractivity contribution in [1.82, 2.24) is 9.88 Å². The maximum atomic E-state index is 3.60. The Morgan fingerprint density at radius 2 is 2.31 bits per heavy atom. The van der Waals surface area contributed by atoms with Crippen LogP contribution in [0.2, 0.25) is 0 Å². The van der Waals surface area contributed by atoms with E-state index in [2.05, 4.69) is 59.8 Å². The van der Waals surface area contributed by atoms with Gasteiger partial charge in [0.05, 0.1) is 0 Å². The maximum Gasteiger partial charge on any atom is 0.0414 e. The van der Waals surface area contributed by atoms with Crippen molar-refractivity contribution in [3.63, 3.8) is 0 Å². The number of thiophene rings is 1. The molecule has 16 heavy (non-hydrogen) atoms. The summed E-state index contributed by atoms with van der Waals surface area (Å²) < 4.78 is 2.09. The molecule has 1 unspecified atom stereocenters. The summed E-state index contributed by atoms with van der Waals surface area (Å²) in [5.74, 6) is 0. The Morgan fingerprint density at radius 3 is 2.88 bits per heavy atom. The highest BCUT2D eigenvalue weighted by Gasteiger charge is 2.09. The fraction of sp³-hybridized carbons (Fsp3) is 0.385. The summed E-state index contributed by atoms with van der Waals surface area (Å²) in [4.78, 5) is 1.43. The van der Waals surface area contributed by atoms with E-state index in [9.17, 15) is 0 Å². The molecular formula is C13H18N2S. The van der Waals surface area contributed by atoms with Gasteiger partial charge >= 0.3 is 0 Å². The van der Waals surface area contributed by atoms with E-state index in [1.165, 1.54) is 10.4 Å². The number of aryl methyl sites for hydroxylation is 1. The lowest BCUT2D eigenvalue weighted by atomic mass is 10.2. The van der Waals surface area contributed by atoms with Crippen LogP contribution < -0.4 is 5.32 Å². The van der Waals surface area contributed by atoms with Crippen molar-refractivity contribution in [3.8, 4) is 0 Å². The molecule has 0 saturated carbocycles. The van der Waals surface area contributed by atoms with Gasteiger partial charge in [-0.3, -0.25) is 0 Å². The summed E-state index contributed by atoms with van der Waals surface area (Å²) in [6.45, 7) is 3.17. The van der Waals surface area contributed by atoms with Gasteiger partial charge in [0, 0.05) is 36.9 Å². The molecule has 0 saturated heterocycles. The van der Waals surface area contributed by atoms with E-state index in [1.807, 2.05) is 11.3 Å². The third-order valence-electron chi connectivity index (χ3n) is 2.74. The van der Waals surface area contributed by atoms with E-state index in [-0.39, 0.29) is 0 Å². The molecule has 0 bridgehead atoms. The summed E-state index contributed by atoms with van der Waals surface area (Å²) in [5.41, 5.74) is 1.34.